The van der Waals surface area contributed by atoms with Crippen LogP contribution in [0.2, 0.25) is 0 Å². The van der Waals surface area contributed by atoms with Crippen molar-refractivity contribution in [2.75, 3.05) is 6.54 Å². The quantitative estimate of drug-likeness (QED) is 0.453. The van der Waals surface area contributed by atoms with Gasteiger partial charge in [-0.05, 0) is 24.1 Å². The lowest BCUT2D eigenvalue weighted by molar-refractivity contribution is 0.0734. The van der Waals surface area contributed by atoms with Crippen LogP contribution < -0.4 is 0 Å². The van der Waals surface area contributed by atoms with Crippen molar-refractivity contribution in [2.45, 2.75) is 18.5 Å². The second-order valence-electron chi connectivity index (χ2n) is 5.14. The number of benzene rings is 1. The van der Waals surface area contributed by atoms with Gasteiger partial charge in [-0.25, -0.2) is 0 Å². The predicted octanol–water partition coefficient (Wildman–Crippen LogP) is 1.85. The predicted molar refractivity (Wildman–Crippen MR) is 72.7 cm³/mol. The Morgan fingerprint density at radius 2 is 2.24 bits per heavy atom. The first-order valence-electron chi connectivity index (χ1n) is 6.64. The molecule has 0 aliphatic carbocycles. The van der Waals surface area contributed by atoms with Crippen molar-refractivity contribution in [3.05, 3.63) is 52.4 Å². The van der Waals surface area contributed by atoms with Gasteiger partial charge in [0.15, 0.2) is 5.82 Å². The zero-order chi connectivity index (χ0) is 14.4. The molecule has 1 aromatic heterocycles. The third-order valence-corrected chi connectivity index (χ3v) is 4.02. The lowest BCUT2D eigenvalue weighted by Crippen LogP contribution is -2.30. The number of carbonyl (C=O) groups excluding carboxylic acids is 1. The van der Waals surface area contributed by atoms with Gasteiger partial charge < -0.3 is 4.90 Å². The van der Waals surface area contributed by atoms with Crippen molar-refractivity contribution in [1.82, 2.24) is 19.7 Å². The number of rotatable bonds is 1. The summed E-state index contributed by atoms with van der Waals surface area (Å²) in [5.41, 5.74) is 10.0. The Balaban J connectivity index is 1.91. The average Bonchev–Trinajstić information content (AvgIpc) is 3.11. The molecule has 1 saturated heterocycles. The maximum Gasteiger partial charge on any atom is 0.256 e. The van der Waals surface area contributed by atoms with Crippen molar-refractivity contribution in [2.24, 2.45) is 5.11 Å². The Morgan fingerprint density at radius 3 is 3.10 bits per heavy atom. The molecule has 0 unspecified atom stereocenters. The lowest BCUT2D eigenvalue weighted by atomic mass is 10.1. The zero-order valence-electron chi connectivity index (χ0n) is 11.0. The fourth-order valence-electron chi connectivity index (χ4n) is 3.12. The van der Waals surface area contributed by atoms with E-state index in [4.69, 9.17) is 5.53 Å². The van der Waals surface area contributed by atoms with Gasteiger partial charge in [0, 0.05) is 11.5 Å². The molecule has 8 heteroatoms. The van der Waals surface area contributed by atoms with Crippen LogP contribution in [0.25, 0.3) is 16.1 Å². The van der Waals surface area contributed by atoms with E-state index >= 15 is 0 Å². The SMILES string of the molecule is [N-]=[N+]=N[C@H]1C[C@H]2c3nncn3-c3ccccc3C(=O)N2C1. The van der Waals surface area contributed by atoms with E-state index in [0.29, 0.717) is 24.4 Å². The molecule has 1 aromatic carbocycles. The van der Waals surface area contributed by atoms with E-state index in [2.05, 4.69) is 20.2 Å². The summed E-state index contributed by atoms with van der Waals surface area (Å²) >= 11 is 0. The molecule has 2 aliphatic rings. The molecule has 2 atom stereocenters. The molecule has 2 aromatic rings. The molecule has 0 saturated carbocycles. The minimum absolute atomic E-state index is 0.0586. The van der Waals surface area contributed by atoms with Crippen molar-refractivity contribution in [3.8, 4) is 5.69 Å². The summed E-state index contributed by atoms with van der Waals surface area (Å²) in [6.45, 7) is 0.411. The second-order valence-corrected chi connectivity index (χ2v) is 5.14. The van der Waals surface area contributed by atoms with E-state index in [1.54, 1.807) is 17.3 Å². The van der Waals surface area contributed by atoms with Crippen molar-refractivity contribution >= 4 is 5.91 Å². The normalized spacial score (nSPS) is 22.9. The Kier molecular flexibility index (Phi) is 2.45. The number of hydrogen-bond acceptors (Lipinski definition) is 4. The fourth-order valence-corrected chi connectivity index (χ4v) is 3.12. The van der Waals surface area contributed by atoms with Crippen LogP contribution in [0.5, 0.6) is 0 Å². The number of amides is 1. The van der Waals surface area contributed by atoms with Crippen molar-refractivity contribution in [1.29, 1.82) is 0 Å². The standard InChI is InChI=1S/C13H11N7O/c14-18-16-8-5-11-12-17-15-7-20(12)10-4-2-1-3-9(10)13(21)19(11)6-8/h1-4,7-8,11H,5-6H2/t8-,11-/m0/s1. The molecule has 3 heterocycles. The van der Waals surface area contributed by atoms with Crippen LogP contribution in [0.4, 0.5) is 0 Å². The van der Waals surface area contributed by atoms with Gasteiger partial charge in [-0.1, -0.05) is 17.2 Å². The molecule has 8 nitrogen and oxygen atoms in total. The van der Waals surface area contributed by atoms with Gasteiger partial charge in [0.1, 0.15) is 6.33 Å². The summed E-state index contributed by atoms with van der Waals surface area (Å²) in [5, 5.41) is 11.9. The van der Waals surface area contributed by atoms with Crippen LogP contribution in [-0.4, -0.2) is 38.2 Å². The second kappa shape index (κ2) is 4.32. The first-order valence-corrected chi connectivity index (χ1v) is 6.64. The summed E-state index contributed by atoms with van der Waals surface area (Å²) in [7, 11) is 0. The van der Waals surface area contributed by atoms with Crippen molar-refractivity contribution < 1.29 is 4.79 Å². The highest BCUT2D eigenvalue weighted by Gasteiger charge is 2.41. The van der Waals surface area contributed by atoms with Crippen LogP contribution >= 0.6 is 0 Å². The Labute approximate surface area is 119 Å². The molecule has 0 N–H and O–H groups in total. The number of hydrogen-bond donors (Lipinski definition) is 0. The largest absolute Gasteiger partial charge is 0.328 e. The lowest BCUT2D eigenvalue weighted by Gasteiger charge is -2.20. The monoisotopic (exact) mass is 281 g/mol. The summed E-state index contributed by atoms with van der Waals surface area (Å²) in [6.07, 6.45) is 2.19. The number of para-hydroxylation sites is 1. The number of aromatic nitrogens is 3. The number of azide groups is 1. The Hall–Kier alpha value is -2.86. The topological polar surface area (TPSA) is 99.8 Å². The van der Waals surface area contributed by atoms with Gasteiger partial charge in [0.05, 0.1) is 23.3 Å². The van der Waals surface area contributed by atoms with Gasteiger partial charge in [0.25, 0.3) is 5.91 Å². The molecular weight excluding hydrogens is 270 g/mol. The molecule has 0 spiro atoms. The fraction of sp³-hybridized carbons (Fsp3) is 0.308. The highest BCUT2D eigenvalue weighted by molar-refractivity contribution is 5.98. The molecular formula is C13H11N7O. The Bertz CT molecular complexity index is 776. The first-order chi connectivity index (χ1) is 10.3. The first kappa shape index (κ1) is 11.9. The summed E-state index contributed by atoms with van der Waals surface area (Å²) < 4.78 is 1.84. The van der Waals surface area contributed by atoms with Crippen molar-refractivity contribution in [3.63, 3.8) is 0 Å². The minimum Gasteiger partial charge on any atom is -0.328 e. The molecule has 1 fully saturated rings. The van der Waals surface area contributed by atoms with E-state index in [0.717, 1.165) is 5.69 Å². The molecule has 21 heavy (non-hydrogen) atoms. The molecule has 2 aliphatic heterocycles. The van der Waals surface area contributed by atoms with Gasteiger partial charge in [0.2, 0.25) is 0 Å². The minimum atomic E-state index is -0.223. The maximum absolute atomic E-state index is 12.8. The van der Waals surface area contributed by atoms with Crippen LogP contribution in [0.1, 0.15) is 28.6 Å². The number of fused-ring (bicyclic) bond motifs is 5. The maximum atomic E-state index is 12.8. The van der Waals surface area contributed by atoms with Gasteiger partial charge in [-0.3, -0.25) is 9.36 Å². The number of nitrogens with zero attached hydrogens (tertiary/aromatic N) is 7. The van der Waals surface area contributed by atoms with Gasteiger partial charge >= 0.3 is 0 Å². The van der Waals surface area contributed by atoms with E-state index in [1.807, 2.05) is 22.8 Å². The van der Waals surface area contributed by atoms with E-state index in [9.17, 15) is 4.79 Å². The van der Waals surface area contributed by atoms with Gasteiger partial charge in [-0.15, -0.1) is 10.2 Å². The van der Waals surface area contributed by atoms with E-state index in [-0.39, 0.29) is 18.0 Å². The highest BCUT2D eigenvalue weighted by Crippen LogP contribution is 2.38. The summed E-state index contributed by atoms with van der Waals surface area (Å²) in [4.78, 5) is 17.3. The zero-order valence-corrected chi connectivity index (χ0v) is 11.0. The van der Waals surface area contributed by atoms with Crippen LogP contribution in [-0.2, 0) is 0 Å². The summed E-state index contributed by atoms with van der Waals surface area (Å²) in [5.74, 6) is 0.653. The third-order valence-electron chi connectivity index (χ3n) is 4.02. The molecule has 1 amide bonds. The molecule has 0 radical (unpaired) electrons. The summed E-state index contributed by atoms with van der Waals surface area (Å²) in [6, 6.07) is 6.97. The molecule has 4 rings (SSSR count). The van der Waals surface area contributed by atoms with Crippen LogP contribution in [0.15, 0.2) is 35.7 Å². The smallest absolute Gasteiger partial charge is 0.256 e. The Morgan fingerprint density at radius 1 is 1.38 bits per heavy atom. The van der Waals surface area contributed by atoms with Crippen LogP contribution in [0.3, 0.4) is 0 Å². The molecule has 0 bridgehead atoms. The van der Waals surface area contributed by atoms with E-state index in [1.165, 1.54) is 0 Å². The van der Waals surface area contributed by atoms with Crippen LogP contribution in [0, 0.1) is 0 Å². The highest BCUT2D eigenvalue weighted by atomic mass is 16.2. The third kappa shape index (κ3) is 1.63. The van der Waals surface area contributed by atoms with Gasteiger partial charge in [-0.2, -0.15) is 0 Å². The average molecular weight is 281 g/mol. The molecule has 104 valence electrons. The number of carbonyl (C=O) groups is 1. The van der Waals surface area contributed by atoms with E-state index < -0.39 is 0 Å².